The van der Waals surface area contributed by atoms with E-state index in [1.54, 1.807) is 23.2 Å². The van der Waals surface area contributed by atoms with Crippen molar-refractivity contribution >= 4 is 34.6 Å². The molecule has 1 amide bonds. The fourth-order valence-corrected chi connectivity index (χ4v) is 8.37. The lowest BCUT2D eigenvalue weighted by atomic mass is 9.46. The van der Waals surface area contributed by atoms with E-state index in [0.29, 0.717) is 59.0 Å². The van der Waals surface area contributed by atoms with E-state index < -0.39 is 5.60 Å². The van der Waals surface area contributed by atoms with E-state index in [1.807, 2.05) is 60.8 Å². The normalized spacial score (nSPS) is 22.3. The molecule has 2 aromatic carbocycles. The molecule has 50 heavy (non-hydrogen) atoms. The van der Waals surface area contributed by atoms with Gasteiger partial charge in [0.2, 0.25) is 11.8 Å². The van der Waals surface area contributed by atoms with Gasteiger partial charge in [-0.2, -0.15) is 5.10 Å². The topological polar surface area (TPSA) is 135 Å². The van der Waals surface area contributed by atoms with Crippen molar-refractivity contribution in [2.24, 2.45) is 7.05 Å². The number of hydrogen-bond acceptors (Lipinski definition) is 8. The summed E-state index contributed by atoms with van der Waals surface area (Å²) < 4.78 is 8.83. The molecule has 4 N–H and O–H groups in total. The zero-order chi connectivity index (χ0) is 34.8. The molecular formula is C37H37Cl2N7O4. The highest BCUT2D eigenvalue weighted by atomic mass is 35.5. The lowest BCUT2D eigenvalue weighted by molar-refractivity contribution is -0.221. The van der Waals surface area contributed by atoms with Gasteiger partial charge in [0.05, 0.1) is 35.0 Å². The van der Waals surface area contributed by atoms with Crippen LogP contribution in [0.5, 0.6) is 5.88 Å². The Morgan fingerprint density at radius 3 is 2.38 bits per heavy atom. The Balaban J connectivity index is 1.05. The number of aromatic nitrogens is 4. The quantitative estimate of drug-likeness (QED) is 0.152. The Morgan fingerprint density at radius 1 is 1.00 bits per heavy atom. The molecule has 1 unspecified atom stereocenters. The summed E-state index contributed by atoms with van der Waals surface area (Å²) in [6, 6.07) is 17.3. The Kier molecular flexibility index (Phi) is 8.23. The van der Waals surface area contributed by atoms with Crippen LogP contribution in [0.1, 0.15) is 43.5 Å². The van der Waals surface area contributed by atoms with Crippen molar-refractivity contribution in [1.82, 2.24) is 35.1 Å². The van der Waals surface area contributed by atoms with E-state index in [0.717, 1.165) is 59.1 Å². The number of benzene rings is 2. The summed E-state index contributed by atoms with van der Waals surface area (Å²) >= 11 is 14.2. The van der Waals surface area contributed by atoms with Gasteiger partial charge in [-0.15, -0.1) is 0 Å². The van der Waals surface area contributed by atoms with Gasteiger partial charge in [-0.25, -0.2) is 9.50 Å². The number of hydrogen-bond donors (Lipinski definition) is 4. The van der Waals surface area contributed by atoms with E-state index in [4.69, 9.17) is 38.0 Å². The van der Waals surface area contributed by atoms with Crippen LogP contribution in [0.25, 0.3) is 39.0 Å². The van der Waals surface area contributed by atoms with Crippen molar-refractivity contribution in [2.45, 2.75) is 62.4 Å². The minimum absolute atomic E-state index is 0.0460. The number of rotatable bonds is 11. The Bertz CT molecular complexity index is 2210. The van der Waals surface area contributed by atoms with Gasteiger partial charge >= 0.3 is 0 Å². The number of methoxy groups -OCH3 is 1. The number of carbonyl (C=O) groups is 1. The number of carbonyl (C=O) groups excluding carboxylic acids is 1. The maximum absolute atomic E-state index is 13.4. The Morgan fingerprint density at radius 2 is 1.70 bits per heavy atom. The fourth-order valence-electron chi connectivity index (χ4n) is 7.71. The Labute approximate surface area is 298 Å². The molecular weight excluding hydrogens is 677 g/mol. The number of aliphatic hydroxyl groups is 1. The lowest BCUT2D eigenvalue weighted by Gasteiger charge is -2.67. The van der Waals surface area contributed by atoms with Crippen molar-refractivity contribution in [3.05, 3.63) is 92.6 Å². The fraction of sp³-hybridized carbons (Fsp3) is 0.351. The van der Waals surface area contributed by atoms with Gasteiger partial charge in [-0.1, -0.05) is 65.7 Å². The zero-order valence-electron chi connectivity index (χ0n) is 27.7. The van der Waals surface area contributed by atoms with Gasteiger partial charge in [0.1, 0.15) is 11.3 Å². The smallest absolute Gasteiger partial charge is 0.277 e. The molecule has 2 bridgehead atoms. The largest absolute Gasteiger partial charge is 0.481 e. The van der Waals surface area contributed by atoms with E-state index in [-0.39, 0.29) is 23.0 Å². The van der Waals surface area contributed by atoms with Gasteiger partial charge in [-0.3, -0.25) is 14.2 Å². The lowest BCUT2D eigenvalue weighted by Crippen LogP contribution is -2.77. The number of nitrogens with zero attached hydrogens (tertiary/aromatic N) is 4. The van der Waals surface area contributed by atoms with Crippen LogP contribution in [0.4, 0.5) is 0 Å². The van der Waals surface area contributed by atoms with Crippen molar-refractivity contribution in [3.8, 4) is 39.4 Å². The number of pyridine rings is 1. The van der Waals surface area contributed by atoms with Gasteiger partial charge < -0.3 is 25.8 Å². The maximum atomic E-state index is 13.4. The predicted octanol–water partition coefficient (Wildman–Crippen LogP) is 4.87. The first-order chi connectivity index (χ1) is 24.1. The first-order valence-corrected chi connectivity index (χ1v) is 17.5. The summed E-state index contributed by atoms with van der Waals surface area (Å²) in [5, 5.41) is 25.7. The minimum Gasteiger partial charge on any atom is -0.481 e. The molecule has 3 saturated carbocycles. The molecule has 4 heterocycles. The Hall–Kier alpha value is -4.26. The van der Waals surface area contributed by atoms with Gasteiger partial charge in [0, 0.05) is 77.7 Å². The molecule has 258 valence electrons. The summed E-state index contributed by atoms with van der Waals surface area (Å²) in [6.45, 7) is 1.64. The minimum atomic E-state index is -0.503. The molecule has 4 fully saturated rings. The van der Waals surface area contributed by atoms with E-state index in [9.17, 15) is 14.7 Å². The predicted molar refractivity (Wildman–Crippen MR) is 192 cm³/mol. The van der Waals surface area contributed by atoms with Crippen LogP contribution in [0.3, 0.4) is 0 Å². The highest BCUT2D eigenvalue weighted by Crippen LogP contribution is 2.60. The van der Waals surface area contributed by atoms with Crippen LogP contribution in [-0.4, -0.2) is 61.0 Å². The summed E-state index contributed by atoms with van der Waals surface area (Å²) in [5.41, 5.74) is 5.00. The van der Waals surface area contributed by atoms with Crippen molar-refractivity contribution in [1.29, 1.82) is 0 Å². The number of halogens is 2. The molecule has 9 rings (SSSR count). The second-order valence-corrected chi connectivity index (χ2v) is 14.6. The third-order valence-electron chi connectivity index (χ3n) is 10.4. The molecule has 3 aliphatic carbocycles. The first-order valence-electron chi connectivity index (χ1n) is 16.7. The second kappa shape index (κ2) is 12.5. The van der Waals surface area contributed by atoms with Gasteiger partial charge in [-0.05, 0) is 37.8 Å². The molecule has 4 aliphatic rings. The molecule has 1 atom stereocenters. The standard InChI is InChI=1S/C37H37Cl2N7O4/c1-45-30(16-41-36-18-37(49,19-36)20-36)44-46-17-22(13-29(46)35(45)48)24-5-3-6-25(32(24)38)26-7-4-8-27(33(26)39)28-11-9-21(34(43-28)50-2)14-40-15-23-10-12-31(47)42-23/h3-9,11,13,17,23,40-41,49H,10,12,14-16,18-20H2,1-2H3,(H,42,47). The number of ether oxygens (including phenoxy) is 1. The first kappa shape index (κ1) is 32.9. The summed E-state index contributed by atoms with van der Waals surface area (Å²) in [7, 11) is 3.32. The number of amides is 1. The third-order valence-corrected chi connectivity index (χ3v) is 11.2. The third kappa shape index (κ3) is 5.76. The average molecular weight is 715 g/mol. The molecule has 1 saturated heterocycles. The van der Waals surface area contributed by atoms with Crippen molar-refractivity contribution < 1.29 is 14.6 Å². The van der Waals surface area contributed by atoms with Crippen molar-refractivity contribution in [2.75, 3.05) is 13.7 Å². The summed E-state index contributed by atoms with van der Waals surface area (Å²) in [6.07, 6.45) is 5.44. The number of fused-ring (bicyclic) bond motifs is 1. The maximum Gasteiger partial charge on any atom is 0.277 e. The van der Waals surface area contributed by atoms with Gasteiger partial charge in [0.25, 0.3) is 5.56 Å². The van der Waals surface area contributed by atoms with Crippen LogP contribution < -0.4 is 26.2 Å². The monoisotopic (exact) mass is 713 g/mol. The average Bonchev–Trinajstić information content (AvgIpc) is 3.70. The molecule has 11 nitrogen and oxygen atoms in total. The van der Waals surface area contributed by atoms with Crippen LogP contribution in [0, 0.1) is 0 Å². The van der Waals surface area contributed by atoms with Crippen molar-refractivity contribution in [3.63, 3.8) is 0 Å². The SMILES string of the molecule is COc1nc(-c2cccc(-c3cccc(-c4cc5c(=O)n(C)c(CNC67CC(O)(C6)C7)nn5c4)c3Cl)c2Cl)ccc1CNCC1CCC(=O)N1. The zero-order valence-corrected chi connectivity index (χ0v) is 29.2. The highest BCUT2D eigenvalue weighted by Gasteiger charge is 2.67. The number of nitrogens with one attached hydrogen (secondary N) is 3. The molecule has 3 aromatic heterocycles. The molecule has 1 aliphatic heterocycles. The molecule has 5 aromatic rings. The molecule has 13 heteroatoms. The summed E-state index contributed by atoms with van der Waals surface area (Å²) in [5.74, 6) is 1.19. The second-order valence-electron chi connectivity index (χ2n) is 13.9. The molecule has 0 radical (unpaired) electrons. The van der Waals surface area contributed by atoms with Crippen LogP contribution in [-0.2, 0) is 24.9 Å². The van der Waals surface area contributed by atoms with E-state index in [2.05, 4.69) is 16.0 Å². The van der Waals surface area contributed by atoms with Crippen LogP contribution in [0.2, 0.25) is 10.0 Å². The van der Waals surface area contributed by atoms with Crippen LogP contribution >= 0.6 is 23.2 Å². The van der Waals surface area contributed by atoms with E-state index in [1.165, 1.54) is 0 Å². The highest BCUT2D eigenvalue weighted by molar-refractivity contribution is 6.39. The summed E-state index contributed by atoms with van der Waals surface area (Å²) in [4.78, 5) is 29.7. The van der Waals surface area contributed by atoms with Crippen LogP contribution in [0.15, 0.2) is 65.6 Å². The van der Waals surface area contributed by atoms with E-state index >= 15 is 0 Å². The molecule has 0 spiro atoms. The van der Waals surface area contributed by atoms with Gasteiger partial charge in [0.15, 0.2) is 0 Å².